The standard InChI is InChI=1S/C26H29N5O4/c1-5-33-22-13-18(14-23(34-6-2)24(22)35-7-3)16-28-26(32)19-11-10-17(4)21(15-19)31-25-20(29-30-31)9-8-12-27-25/h8-15H,5-7,16H2,1-4H3,(H,28,32). The van der Waals surface area contributed by atoms with Crippen LogP contribution < -0.4 is 19.5 Å². The van der Waals surface area contributed by atoms with Crippen LogP contribution in [-0.4, -0.2) is 45.7 Å². The van der Waals surface area contributed by atoms with Gasteiger partial charge in [-0.15, -0.1) is 5.10 Å². The van der Waals surface area contributed by atoms with Gasteiger partial charge in [0, 0.05) is 18.3 Å². The maximum absolute atomic E-state index is 13.0. The van der Waals surface area contributed by atoms with Crippen molar-refractivity contribution in [2.45, 2.75) is 34.2 Å². The van der Waals surface area contributed by atoms with Gasteiger partial charge in [-0.2, -0.15) is 4.68 Å². The number of benzene rings is 2. The summed E-state index contributed by atoms with van der Waals surface area (Å²) in [5.41, 5.74) is 4.37. The van der Waals surface area contributed by atoms with E-state index in [0.29, 0.717) is 60.3 Å². The van der Waals surface area contributed by atoms with Gasteiger partial charge in [0.15, 0.2) is 17.1 Å². The molecule has 0 saturated heterocycles. The van der Waals surface area contributed by atoms with Crippen LogP contribution >= 0.6 is 0 Å². The number of amides is 1. The quantitative estimate of drug-likeness (QED) is 0.366. The van der Waals surface area contributed by atoms with E-state index in [-0.39, 0.29) is 5.91 Å². The van der Waals surface area contributed by atoms with Crippen LogP contribution in [0.2, 0.25) is 0 Å². The van der Waals surface area contributed by atoms with Gasteiger partial charge in [-0.3, -0.25) is 4.79 Å². The van der Waals surface area contributed by atoms with E-state index in [9.17, 15) is 4.79 Å². The zero-order valence-corrected chi connectivity index (χ0v) is 20.4. The lowest BCUT2D eigenvalue weighted by molar-refractivity contribution is 0.0950. The van der Waals surface area contributed by atoms with Gasteiger partial charge < -0.3 is 19.5 Å². The number of hydrogen-bond acceptors (Lipinski definition) is 7. The highest BCUT2D eigenvalue weighted by atomic mass is 16.5. The molecule has 0 radical (unpaired) electrons. The van der Waals surface area contributed by atoms with Crippen LogP contribution in [0.25, 0.3) is 16.9 Å². The zero-order chi connectivity index (χ0) is 24.8. The van der Waals surface area contributed by atoms with Crippen molar-refractivity contribution in [1.82, 2.24) is 25.3 Å². The molecule has 0 bridgehead atoms. The first-order chi connectivity index (χ1) is 17.0. The number of fused-ring (bicyclic) bond motifs is 1. The average molecular weight is 476 g/mol. The Balaban J connectivity index is 1.57. The van der Waals surface area contributed by atoms with E-state index < -0.39 is 0 Å². The SMILES string of the molecule is CCOc1cc(CNC(=O)c2ccc(C)c(-n3nnc4cccnc43)c2)cc(OCC)c1OCC. The van der Waals surface area contributed by atoms with Gasteiger partial charge in [0.1, 0.15) is 5.52 Å². The molecule has 9 nitrogen and oxygen atoms in total. The Kier molecular flexibility index (Phi) is 7.45. The fraction of sp³-hybridized carbons (Fsp3) is 0.308. The first-order valence-corrected chi connectivity index (χ1v) is 11.7. The summed E-state index contributed by atoms with van der Waals surface area (Å²) in [5.74, 6) is 1.54. The third-order valence-electron chi connectivity index (χ3n) is 5.33. The summed E-state index contributed by atoms with van der Waals surface area (Å²) in [4.78, 5) is 17.4. The van der Waals surface area contributed by atoms with E-state index in [1.54, 1.807) is 23.0 Å². The maximum Gasteiger partial charge on any atom is 0.251 e. The third-order valence-corrected chi connectivity index (χ3v) is 5.33. The molecule has 0 atom stereocenters. The number of nitrogens with zero attached hydrogens (tertiary/aromatic N) is 4. The minimum absolute atomic E-state index is 0.214. The molecular weight excluding hydrogens is 446 g/mol. The van der Waals surface area contributed by atoms with Crippen molar-refractivity contribution in [3.63, 3.8) is 0 Å². The lowest BCUT2D eigenvalue weighted by Gasteiger charge is -2.17. The normalized spacial score (nSPS) is 10.9. The molecule has 1 N–H and O–H groups in total. The van der Waals surface area contributed by atoms with Gasteiger partial charge in [-0.05, 0) is 75.2 Å². The number of ether oxygens (including phenoxy) is 3. The van der Waals surface area contributed by atoms with Crippen LogP contribution in [-0.2, 0) is 6.54 Å². The van der Waals surface area contributed by atoms with Crippen LogP contribution in [0.1, 0.15) is 42.3 Å². The van der Waals surface area contributed by atoms with Gasteiger partial charge in [0.25, 0.3) is 5.91 Å². The van der Waals surface area contributed by atoms with E-state index in [4.69, 9.17) is 14.2 Å². The second-order valence-electron chi connectivity index (χ2n) is 7.75. The number of carbonyl (C=O) groups is 1. The lowest BCUT2D eigenvalue weighted by atomic mass is 10.1. The van der Waals surface area contributed by atoms with Crippen molar-refractivity contribution >= 4 is 17.1 Å². The smallest absolute Gasteiger partial charge is 0.251 e. The number of hydrogen-bond donors (Lipinski definition) is 1. The topological polar surface area (TPSA) is 100 Å². The summed E-state index contributed by atoms with van der Waals surface area (Å²) in [6, 6.07) is 12.9. The second-order valence-corrected chi connectivity index (χ2v) is 7.75. The molecule has 2 heterocycles. The van der Waals surface area contributed by atoms with Crippen molar-refractivity contribution in [2.75, 3.05) is 19.8 Å². The molecule has 0 aliphatic carbocycles. The summed E-state index contributed by atoms with van der Waals surface area (Å²) < 4.78 is 19.0. The summed E-state index contributed by atoms with van der Waals surface area (Å²) in [6.45, 7) is 9.44. The predicted molar refractivity (Wildman–Crippen MR) is 133 cm³/mol. The monoisotopic (exact) mass is 475 g/mol. The molecule has 2 aromatic heterocycles. The Morgan fingerprint density at radius 1 is 0.971 bits per heavy atom. The number of pyridine rings is 1. The fourth-order valence-electron chi connectivity index (χ4n) is 3.74. The number of aryl methyl sites for hydroxylation is 1. The van der Waals surface area contributed by atoms with Crippen LogP contribution in [0.15, 0.2) is 48.7 Å². The van der Waals surface area contributed by atoms with Crippen LogP contribution in [0.3, 0.4) is 0 Å². The molecule has 1 amide bonds. The zero-order valence-electron chi connectivity index (χ0n) is 20.4. The van der Waals surface area contributed by atoms with Gasteiger partial charge in [-0.1, -0.05) is 11.3 Å². The minimum Gasteiger partial charge on any atom is -0.490 e. The lowest BCUT2D eigenvalue weighted by Crippen LogP contribution is -2.23. The van der Waals surface area contributed by atoms with Gasteiger partial charge in [-0.25, -0.2) is 4.98 Å². The number of carbonyl (C=O) groups excluding carboxylic acids is 1. The Labute approximate surface area is 204 Å². The summed E-state index contributed by atoms with van der Waals surface area (Å²) in [7, 11) is 0. The molecule has 182 valence electrons. The van der Waals surface area contributed by atoms with E-state index >= 15 is 0 Å². The average Bonchev–Trinajstić information content (AvgIpc) is 3.29. The van der Waals surface area contributed by atoms with Crippen molar-refractivity contribution < 1.29 is 19.0 Å². The third kappa shape index (κ3) is 5.18. The Morgan fingerprint density at radius 3 is 2.37 bits per heavy atom. The van der Waals surface area contributed by atoms with Crippen LogP contribution in [0.5, 0.6) is 17.2 Å². The minimum atomic E-state index is -0.214. The Morgan fingerprint density at radius 2 is 1.69 bits per heavy atom. The fourth-order valence-corrected chi connectivity index (χ4v) is 3.74. The highest BCUT2D eigenvalue weighted by molar-refractivity contribution is 5.95. The van der Waals surface area contributed by atoms with Gasteiger partial charge in [0.05, 0.1) is 25.5 Å². The molecule has 2 aromatic carbocycles. The molecule has 0 spiro atoms. The number of rotatable bonds is 10. The molecule has 0 saturated carbocycles. The molecule has 4 rings (SSSR count). The summed E-state index contributed by atoms with van der Waals surface area (Å²) >= 11 is 0. The van der Waals surface area contributed by atoms with Gasteiger partial charge >= 0.3 is 0 Å². The molecule has 9 heteroatoms. The van der Waals surface area contributed by atoms with Crippen molar-refractivity contribution in [2.24, 2.45) is 0 Å². The Bertz CT molecular complexity index is 1310. The summed E-state index contributed by atoms with van der Waals surface area (Å²) in [6.07, 6.45) is 1.69. The van der Waals surface area contributed by atoms with E-state index in [1.165, 1.54) is 0 Å². The molecular formula is C26H29N5O4. The first kappa shape index (κ1) is 24.0. The maximum atomic E-state index is 13.0. The molecule has 4 aromatic rings. The number of nitrogens with one attached hydrogen (secondary N) is 1. The first-order valence-electron chi connectivity index (χ1n) is 11.7. The van der Waals surface area contributed by atoms with Crippen LogP contribution in [0.4, 0.5) is 0 Å². The van der Waals surface area contributed by atoms with E-state index in [2.05, 4.69) is 20.6 Å². The number of aromatic nitrogens is 4. The molecule has 0 aliphatic rings. The van der Waals surface area contributed by atoms with Gasteiger partial charge in [0.2, 0.25) is 5.75 Å². The predicted octanol–water partition coefficient (Wildman–Crippen LogP) is 4.25. The van der Waals surface area contributed by atoms with Crippen molar-refractivity contribution in [3.8, 4) is 22.9 Å². The van der Waals surface area contributed by atoms with Crippen LogP contribution in [0, 0.1) is 6.92 Å². The molecule has 0 unspecified atom stereocenters. The van der Waals surface area contributed by atoms with Crippen molar-refractivity contribution in [1.29, 1.82) is 0 Å². The highest BCUT2D eigenvalue weighted by Gasteiger charge is 2.17. The second kappa shape index (κ2) is 10.9. The molecule has 0 fully saturated rings. The van der Waals surface area contributed by atoms with E-state index in [1.807, 2.05) is 58.0 Å². The highest BCUT2D eigenvalue weighted by Crippen LogP contribution is 2.39. The van der Waals surface area contributed by atoms with Crippen molar-refractivity contribution in [3.05, 3.63) is 65.4 Å². The molecule has 0 aliphatic heterocycles. The largest absolute Gasteiger partial charge is 0.490 e. The molecule has 35 heavy (non-hydrogen) atoms. The Hall–Kier alpha value is -4.14. The summed E-state index contributed by atoms with van der Waals surface area (Å²) in [5, 5.41) is 11.4. The van der Waals surface area contributed by atoms with E-state index in [0.717, 1.165) is 16.8 Å².